The highest BCUT2D eigenvalue weighted by molar-refractivity contribution is 5.97. The van der Waals surface area contributed by atoms with E-state index < -0.39 is 39.1 Å². The Morgan fingerprint density at radius 2 is 1.61 bits per heavy atom. The van der Waals surface area contributed by atoms with E-state index in [0.717, 1.165) is 18.2 Å². The Balaban J connectivity index is 3.13. The Labute approximate surface area is 130 Å². The molecule has 0 fully saturated rings. The third-order valence-corrected chi connectivity index (χ3v) is 2.92. The summed E-state index contributed by atoms with van der Waals surface area (Å²) in [5, 5.41) is 31.0. The van der Waals surface area contributed by atoms with E-state index in [9.17, 15) is 29.8 Å². The fourth-order valence-corrected chi connectivity index (χ4v) is 1.88. The maximum atomic E-state index is 12.1. The fourth-order valence-electron chi connectivity index (χ4n) is 1.88. The van der Waals surface area contributed by atoms with Crippen molar-refractivity contribution in [1.29, 1.82) is 0 Å². The van der Waals surface area contributed by atoms with Gasteiger partial charge in [-0.3, -0.25) is 25.0 Å². The molecule has 0 aliphatic carbocycles. The van der Waals surface area contributed by atoms with Crippen molar-refractivity contribution in [1.82, 2.24) is 5.32 Å². The summed E-state index contributed by atoms with van der Waals surface area (Å²) in [6, 6.07) is 1.41. The minimum atomic E-state index is -1.08. The van der Waals surface area contributed by atoms with Crippen LogP contribution >= 0.6 is 0 Å². The lowest BCUT2D eigenvalue weighted by Gasteiger charge is -2.13. The molecule has 10 nitrogen and oxygen atoms in total. The summed E-state index contributed by atoms with van der Waals surface area (Å²) >= 11 is 0. The van der Waals surface area contributed by atoms with Gasteiger partial charge < -0.3 is 10.4 Å². The molecule has 0 bridgehead atoms. The summed E-state index contributed by atoms with van der Waals surface area (Å²) < 4.78 is 0. The van der Waals surface area contributed by atoms with Crippen molar-refractivity contribution in [3.05, 3.63) is 44.0 Å². The fraction of sp³-hybridized carbons (Fsp3) is 0.385. The molecule has 0 heterocycles. The van der Waals surface area contributed by atoms with Gasteiger partial charge in [0, 0.05) is 16.9 Å². The molecule has 10 heteroatoms. The maximum absolute atomic E-state index is 12.1. The SMILES string of the molecule is CC(C)C[C@@H](NC(=O)c1cc([N+](=O)[O-])cc([N+](=O)[O-])c1)C(=O)[OH2+]. The Morgan fingerprint density at radius 3 is 1.96 bits per heavy atom. The highest BCUT2D eigenvalue weighted by Gasteiger charge is 2.29. The summed E-state index contributed by atoms with van der Waals surface area (Å²) in [5.74, 6) is -1.87. The number of nitro groups is 2. The summed E-state index contributed by atoms with van der Waals surface area (Å²) in [4.78, 5) is 43.2. The topological polar surface area (TPSA) is 155 Å². The van der Waals surface area contributed by atoms with Gasteiger partial charge in [0.1, 0.15) is 0 Å². The van der Waals surface area contributed by atoms with Crippen LogP contribution in [0.3, 0.4) is 0 Å². The second-order valence-corrected chi connectivity index (χ2v) is 5.27. The van der Waals surface area contributed by atoms with E-state index in [-0.39, 0.29) is 17.9 Å². The van der Waals surface area contributed by atoms with Crippen LogP contribution in [0, 0.1) is 26.1 Å². The molecule has 124 valence electrons. The Bertz CT molecular complexity index is 625. The average molecular weight is 326 g/mol. The molecule has 0 unspecified atom stereocenters. The van der Waals surface area contributed by atoms with Gasteiger partial charge >= 0.3 is 5.97 Å². The molecule has 3 N–H and O–H groups in total. The lowest BCUT2D eigenvalue weighted by molar-refractivity contribution is -0.394. The zero-order valence-corrected chi connectivity index (χ0v) is 12.4. The third-order valence-electron chi connectivity index (χ3n) is 2.92. The van der Waals surface area contributed by atoms with Crippen molar-refractivity contribution in [2.75, 3.05) is 0 Å². The number of carbonyl (C=O) groups excluding carboxylic acids is 2. The van der Waals surface area contributed by atoms with Gasteiger partial charge in [-0.1, -0.05) is 13.8 Å². The van der Waals surface area contributed by atoms with Crippen LogP contribution in [0.2, 0.25) is 0 Å². The molecule has 23 heavy (non-hydrogen) atoms. The maximum Gasteiger partial charge on any atom is 0.538 e. The molecule has 0 aliphatic rings. The largest absolute Gasteiger partial charge is 0.563 e. The number of nitrogens with one attached hydrogen (secondary N) is 1. The van der Waals surface area contributed by atoms with E-state index in [1.165, 1.54) is 0 Å². The Kier molecular flexibility index (Phi) is 5.71. The first kappa shape index (κ1) is 18.0. The van der Waals surface area contributed by atoms with Gasteiger partial charge in [0.25, 0.3) is 17.3 Å². The lowest BCUT2D eigenvalue weighted by atomic mass is 10.0. The monoisotopic (exact) mass is 326 g/mol. The van der Waals surface area contributed by atoms with Crippen LogP contribution < -0.4 is 5.32 Å². The summed E-state index contributed by atoms with van der Waals surface area (Å²) in [5.41, 5.74) is -1.54. The van der Waals surface area contributed by atoms with Crippen molar-refractivity contribution in [2.45, 2.75) is 26.3 Å². The highest BCUT2D eigenvalue weighted by atomic mass is 16.6. The zero-order valence-electron chi connectivity index (χ0n) is 12.4. The van der Waals surface area contributed by atoms with Crippen molar-refractivity contribution in [3.8, 4) is 0 Å². The molecule has 1 aromatic carbocycles. The minimum Gasteiger partial charge on any atom is -0.563 e. The molecule has 0 saturated heterocycles. The van der Waals surface area contributed by atoms with Crippen LogP contribution in [0.4, 0.5) is 11.4 Å². The Morgan fingerprint density at radius 1 is 1.13 bits per heavy atom. The normalized spacial score (nSPS) is 11.8. The molecular weight excluding hydrogens is 310 g/mol. The van der Waals surface area contributed by atoms with Crippen molar-refractivity contribution in [2.24, 2.45) is 5.92 Å². The third kappa shape index (κ3) is 5.02. The first-order valence-electron chi connectivity index (χ1n) is 6.62. The molecule has 0 aliphatic heterocycles. The average Bonchev–Trinajstić information content (AvgIpc) is 2.45. The number of hydrogen-bond donors (Lipinski definition) is 1. The van der Waals surface area contributed by atoms with Gasteiger partial charge in [0.2, 0.25) is 0 Å². The van der Waals surface area contributed by atoms with E-state index in [0.29, 0.717) is 0 Å². The summed E-state index contributed by atoms with van der Waals surface area (Å²) in [6.07, 6.45) is 0.213. The van der Waals surface area contributed by atoms with E-state index in [4.69, 9.17) is 5.11 Å². The van der Waals surface area contributed by atoms with Crippen molar-refractivity contribution < 1.29 is 24.5 Å². The number of non-ortho nitro benzene ring substituents is 2. The predicted molar refractivity (Wildman–Crippen MR) is 79.1 cm³/mol. The van der Waals surface area contributed by atoms with E-state index in [2.05, 4.69) is 5.32 Å². The molecule has 1 atom stereocenters. The molecule has 1 rings (SSSR count). The molecule has 0 radical (unpaired) electrons. The number of benzene rings is 1. The molecule has 1 amide bonds. The number of nitrogens with zero attached hydrogens (tertiary/aromatic N) is 2. The molecule has 0 saturated carbocycles. The molecule has 1 aromatic rings. The first-order chi connectivity index (χ1) is 10.6. The van der Waals surface area contributed by atoms with Crippen molar-refractivity contribution >= 4 is 23.3 Å². The predicted octanol–water partition coefficient (Wildman–Crippen LogP) is 0.899. The number of amides is 1. The second kappa shape index (κ2) is 7.29. The van der Waals surface area contributed by atoms with Gasteiger partial charge in [-0.25, -0.2) is 0 Å². The standard InChI is InChI=1S/C13H15N3O7/c1-7(2)3-11(13(18)19)14-12(17)8-4-9(15(20)21)6-10(5-8)16(22)23/h4-7,11H,3H2,1-2H3,(H,14,17)(H,18,19)/p+1/t11-/m1/s1. The van der Waals surface area contributed by atoms with Crippen LogP contribution in [0.25, 0.3) is 0 Å². The molecular formula is C13H16N3O7+. The van der Waals surface area contributed by atoms with Gasteiger partial charge in [-0.15, -0.1) is 0 Å². The van der Waals surface area contributed by atoms with Gasteiger partial charge in [-0.05, 0) is 12.3 Å². The first-order valence-corrected chi connectivity index (χ1v) is 6.62. The number of hydrogen-bond acceptors (Lipinski definition) is 6. The zero-order chi connectivity index (χ0) is 17.7. The lowest BCUT2D eigenvalue weighted by Crippen LogP contribution is -2.41. The smallest absolute Gasteiger partial charge is 0.538 e. The van der Waals surface area contributed by atoms with E-state index >= 15 is 0 Å². The quantitative estimate of drug-likeness (QED) is 0.445. The Hall–Kier alpha value is -3.04. The summed E-state index contributed by atoms with van der Waals surface area (Å²) in [7, 11) is 0. The number of nitro benzene ring substituents is 2. The van der Waals surface area contributed by atoms with Gasteiger partial charge in [0.05, 0.1) is 21.5 Å². The number of rotatable bonds is 7. The van der Waals surface area contributed by atoms with Crippen LogP contribution in [0.5, 0.6) is 0 Å². The second-order valence-electron chi connectivity index (χ2n) is 5.27. The van der Waals surface area contributed by atoms with Crippen LogP contribution in [-0.2, 0) is 4.79 Å². The molecule has 0 aromatic heterocycles. The van der Waals surface area contributed by atoms with Crippen LogP contribution in [-0.4, -0.2) is 32.9 Å². The number of carbonyl (C=O) groups is 2. The molecule has 0 spiro atoms. The van der Waals surface area contributed by atoms with Crippen LogP contribution in [0.1, 0.15) is 30.6 Å². The van der Waals surface area contributed by atoms with Gasteiger partial charge in [0.15, 0.2) is 6.04 Å². The van der Waals surface area contributed by atoms with Crippen LogP contribution in [0.15, 0.2) is 18.2 Å². The van der Waals surface area contributed by atoms with Gasteiger partial charge in [-0.2, -0.15) is 0 Å². The van der Waals surface area contributed by atoms with E-state index in [1.54, 1.807) is 13.8 Å². The highest BCUT2D eigenvalue weighted by Crippen LogP contribution is 2.22. The van der Waals surface area contributed by atoms with Crippen molar-refractivity contribution in [3.63, 3.8) is 0 Å². The minimum absolute atomic E-state index is 0.0223. The van der Waals surface area contributed by atoms with E-state index in [1.807, 2.05) is 0 Å². The summed E-state index contributed by atoms with van der Waals surface area (Å²) in [6.45, 7) is 3.58.